The summed E-state index contributed by atoms with van der Waals surface area (Å²) in [6.45, 7) is 8.61. The van der Waals surface area contributed by atoms with Crippen LogP contribution in [0, 0.1) is 11.8 Å². The monoisotopic (exact) mass is 249 g/mol. The minimum atomic E-state index is -0.740. The predicted octanol–water partition coefficient (Wildman–Crippen LogP) is 2.09. The molecule has 2 atom stereocenters. The number of aldehydes is 2. The maximum atomic E-state index is 12.0. The Balaban J connectivity index is 5.37. The van der Waals surface area contributed by atoms with E-state index in [-0.39, 0.29) is 11.8 Å². The predicted molar refractivity (Wildman–Crippen MR) is 70.4 cm³/mol. The number of carbonyl (C=O) groups is 3. The molecule has 0 aliphatic heterocycles. The van der Waals surface area contributed by atoms with Crippen molar-refractivity contribution in [3.63, 3.8) is 0 Å². The van der Waals surface area contributed by atoms with E-state index in [0.717, 1.165) is 6.29 Å². The van der Waals surface area contributed by atoms with Crippen LogP contribution in [0.15, 0.2) is 36.7 Å². The smallest absolute Gasteiger partial charge is 0.241 e. The number of rotatable bonds is 7. The van der Waals surface area contributed by atoms with E-state index in [9.17, 15) is 14.4 Å². The van der Waals surface area contributed by atoms with Crippen LogP contribution in [-0.2, 0) is 14.4 Å². The zero-order chi connectivity index (χ0) is 14.1. The van der Waals surface area contributed by atoms with Gasteiger partial charge in [0.05, 0.1) is 5.92 Å². The Labute approximate surface area is 108 Å². The summed E-state index contributed by atoms with van der Waals surface area (Å²) in [5, 5.41) is 0. The minimum Gasteiger partial charge on any atom is -0.303 e. The summed E-state index contributed by atoms with van der Waals surface area (Å²) in [5.41, 5.74) is 0.492. The molecular weight excluding hydrogens is 230 g/mol. The van der Waals surface area contributed by atoms with Crippen LogP contribution < -0.4 is 0 Å². The van der Waals surface area contributed by atoms with Gasteiger partial charge in [0, 0.05) is 17.8 Å². The van der Waals surface area contributed by atoms with E-state index >= 15 is 0 Å². The van der Waals surface area contributed by atoms with E-state index in [1.807, 2.05) is 0 Å². The van der Waals surface area contributed by atoms with Crippen molar-refractivity contribution in [2.75, 3.05) is 0 Å². The van der Waals surface area contributed by atoms with E-state index in [0.29, 0.717) is 12.0 Å². The van der Waals surface area contributed by atoms with Crippen LogP contribution in [0.1, 0.15) is 20.8 Å². The molecule has 0 aliphatic carbocycles. The van der Waals surface area contributed by atoms with Crippen molar-refractivity contribution in [1.29, 1.82) is 0 Å². The van der Waals surface area contributed by atoms with Gasteiger partial charge in [0.25, 0.3) is 0 Å². The third-order valence-electron chi connectivity index (χ3n) is 2.26. The second-order valence-corrected chi connectivity index (χ2v) is 3.91. The molecule has 0 fully saturated rings. The molecule has 2 unspecified atom stereocenters. The van der Waals surface area contributed by atoms with Gasteiger partial charge in [0.15, 0.2) is 0 Å². The second kappa shape index (κ2) is 8.17. The Morgan fingerprint density at radius 3 is 2.22 bits per heavy atom. The van der Waals surface area contributed by atoms with E-state index < -0.39 is 5.92 Å². The Kier molecular flexibility index (Phi) is 7.28. The standard InChI is InChI=1S/C14H19NO3/c1-5-7-15(14(18)12(4)10-17)13(6-2)8-11(3)9-16/h5-12H,2H2,1,3-4H3/b7-5-,13-8?. The summed E-state index contributed by atoms with van der Waals surface area (Å²) in [6, 6.07) is 0. The number of hydrogen-bond donors (Lipinski definition) is 0. The lowest BCUT2D eigenvalue weighted by Gasteiger charge is -2.21. The van der Waals surface area contributed by atoms with Gasteiger partial charge in [-0.1, -0.05) is 25.7 Å². The molecule has 0 N–H and O–H groups in total. The van der Waals surface area contributed by atoms with E-state index in [1.165, 1.54) is 17.9 Å². The fourth-order valence-electron chi connectivity index (χ4n) is 1.27. The first-order valence-electron chi connectivity index (χ1n) is 5.72. The second-order valence-electron chi connectivity index (χ2n) is 3.91. The molecule has 0 heterocycles. The molecule has 18 heavy (non-hydrogen) atoms. The van der Waals surface area contributed by atoms with Crippen molar-refractivity contribution in [3.05, 3.63) is 36.7 Å². The average Bonchev–Trinajstić information content (AvgIpc) is 2.40. The third-order valence-corrected chi connectivity index (χ3v) is 2.26. The molecule has 0 saturated carbocycles. The van der Waals surface area contributed by atoms with E-state index in [1.54, 1.807) is 32.2 Å². The molecule has 0 aromatic carbocycles. The molecule has 0 aromatic rings. The van der Waals surface area contributed by atoms with Crippen LogP contribution in [-0.4, -0.2) is 23.4 Å². The van der Waals surface area contributed by atoms with Crippen LogP contribution in [0.4, 0.5) is 0 Å². The first kappa shape index (κ1) is 16.0. The maximum absolute atomic E-state index is 12.0. The van der Waals surface area contributed by atoms with Crippen molar-refractivity contribution in [2.24, 2.45) is 11.8 Å². The molecule has 1 amide bonds. The van der Waals surface area contributed by atoms with Gasteiger partial charge < -0.3 is 9.59 Å². The van der Waals surface area contributed by atoms with Crippen LogP contribution in [0.2, 0.25) is 0 Å². The zero-order valence-electron chi connectivity index (χ0n) is 11.0. The van der Waals surface area contributed by atoms with Crippen molar-refractivity contribution >= 4 is 18.5 Å². The van der Waals surface area contributed by atoms with Gasteiger partial charge in [0.1, 0.15) is 12.6 Å². The largest absolute Gasteiger partial charge is 0.303 e. The molecule has 0 radical (unpaired) electrons. The van der Waals surface area contributed by atoms with Crippen LogP contribution >= 0.6 is 0 Å². The van der Waals surface area contributed by atoms with Gasteiger partial charge in [0.2, 0.25) is 5.91 Å². The molecule has 0 rings (SSSR count). The molecular formula is C14H19NO3. The number of carbonyl (C=O) groups excluding carboxylic acids is 3. The van der Waals surface area contributed by atoms with Crippen LogP contribution in [0.3, 0.4) is 0 Å². The summed E-state index contributed by atoms with van der Waals surface area (Å²) in [4.78, 5) is 34.6. The van der Waals surface area contributed by atoms with Crippen molar-refractivity contribution < 1.29 is 14.4 Å². The van der Waals surface area contributed by atoms with Crippen LogP contribution in [0.25, 0.3) is 0 Å². The zero-order valence-corrected chi connectivity index (χ0v) is 11.0. The number of allylic oxidation sites excluding steroid dienone is 3. The Morgan fingerprint density at radius 1 is 1.22 bits per heavy atom. The van der Waals surface area contributed by atoms with E-state index in [4.69, 9.17) is 0 Å². The molecule has 0 aromatic heterocycles. The summed E-state index contributed by atoms with van der Waals surface area (Å²) in [5.74, 6) is -1.42. The fourth-order valence-corrected chi connectivity index (χ4v) is 1.27. The molecule has 0 saturated heterocycles. The summed E-state index contributed by atoms with van der Waals surface area (Å²) >= 11 is 0. The molecule has 0 spiro atoms. The fraction of sp³-hybridized carbons (Fsp3) is 0.357. The normalized spacial score (nSPS) is 14.9. The third kappa shape index (κ3) is 4.49. The van der Waals surface area contributed by atoms with Gasteiger partial charge in [-0.2, -0.15) is 0 Å². The molecule has 98 valence electrons. The molecule has 0 aliphatic rings. The highest BCUT2D eigenvalue weighted by molar-refractivity contribution is 5.93. The number of amides is 1. The van der Waals surface area contributed by atoms with Gasteiger partial charge in [-0.05, 0) is 19.9 Å². The average molecular weight is 249 g/mol. The lowest BCUT2D eigenvalue weighted by molar-refractivity contribution is -0.133. The van der Waals surface area contributed by atoms with Crippen LogP contribution in [0.5, 0.6) is 0 Å². The lowest BCUT2D eigenvalue weighted by atomic mass is 10.1. The molecule has 4 heteroatoms. The van der Waals surface area contributed by atoms with Crippen molar-refractivity contribution in [3.8, 4) is 0 Å². The highest BCUT2D eigenvalue weighted by Gasteiger charge is 2.20. The molecule has 4 nitrogen and oxygen atoms in total. The Bertz CT molecular complexity index is 383. The summed E-state index contributed by atoms with van der Waals surface area (Å²) in [7, 11) is 0. The summed E-state index contributed by atoms with van der Waals surface area (Å²) < 4.78 is 0. The Morgan fingerprint density at radius 2 is 1.83 bits per heavy atom. The Hall–Kier alpha value is -1.97. The van der Waals surface area contributed by atoms with E-state index in [2.05, 4.69) is 6.58 Å². The number of hydrogen-bond acceptors (Lipinski definition) is 3. The highest BCUT2D eigenvalue weighted by atomic mass is 16.2. The van der Waals surface area contributed by atoms with Crippen molar-refractivity contribution in [1.82, 2.24) is 4.90 Å². The lowest BCUT2D eigenvalue weighted by Crippen LogP contribution is -2.30. The topological polar surface area (TPSA) is 54.5 Å². The molecule has 0 bridgehead atoms. The van der Waals surface area contributed by atoms with Gasteiger partial charge in [-0.3, -0.25) is 9.69 Å². The van der Waals surface area contributed by atoms with Gasteiger partial charge in [-0.15, -0.1) is 0 Å². The number of nitrogens with zero attached hydrogens (tertiary/aromatic N) is 1. The quantitative estimate of drug-likeness (QED) is 0.394. The first-order chi connectivity index (χ1) is 8.51. The van der Waals surface area contributed by atoms with Gasteiger partial charge >= 0.3 is 0 Å². The SMILES string of the molecule is C=CC(=CC(C)C=O)N(/C=C\C)C(=O)C(C)C=O. The summed E-state index contributed by atoms with van der Waals surface area (Å²) in [6.07, 6.45) is 7.68. The highest BCUT2D eigenvalue weighted by Crippen LogP contribution is 2.13. The van der Waals surface area contributed by atoms with Gasteiger partial charge in [-0.25, -0.2) is 0 Å². The first-order valence-corrected chi connectivity index (χ1v) is 5.72. The van der Waals surface area contributed by atoms with Crippen molar-refractivity contribution in [2.45, 2.75) is 20.8 Å². The maximum Gasteiger partial charge on any atom is 0.241 e. The minimum absolute atomic E-state index is 0.329.